The van der Waals surface area contributed by atoms with Crippen molar-refractivity contribution < 1.29 is 14.9 Å². The number of aryl methyl sites for hydroxylation is 1. The zero-order valence-corrected chi connectivity index (χ0v) is 13.8. The largest absolute Gasteiger partial charge is 0.320 e. The Hall–Kier alpha value is -2.76. The molecule has 0 saturated carbocycles. The van der Waals surface area contributed by atoms with Gasteiger partial charge >= 0.3 is 0 Å². The number of quaternary nitrogens is 1. The van der Waals surface area contributed by atoms with Gasteiger partial charge in [0.05, 0.1) is 0 Å². The second-order valence-electron chi connectivity index (χ2n) is 5.09. The molecular weight excluding hydrogens is 326 g/mol. The molecule has 0 fully saturated rings. The first-order valence-corrected chi connectivity index (χ1v) is 7.62. The number of halogens is 1. The molecule has 0 aliphatic rings. The Morgan fingerprint density at radius 3 is 2.46 bits per heavy atom. The molecule has 4 N–H and O–H groups in total. The number of benzene rings is 2. The second kappa shape index (κ2) is 8.19. The molecule has 0 aliphatic carbocycles. The van der Waals surface area contributed by atoms with Crippen LogP contribution in [0.5, 0.6) is 0 Å². The summed E-state index contributed by atoms with van der Waals surface area (Å²) in [6, 6.07) is 14.2. The van der Waals surface area contributed by atoms with Gasteiger partial charge in [0.2, 0.25) is 5.78 Å². The normalized spacial score (nSPS) is 10.6. The van der Waals surface area contributed by atoms with Crippen LogP contribution in [0.1, 0.15) is 5.56 Å². The molecule has 0 heterocycles. The van der Waals surface area contributed by atoms with Crippen LogP contribution in [0.25, 0.3) is 0 Å². The summed E-state index contributed by atoms with van der Waals surface area (Å²) in [5, 5.41) is 12.6. The molecule has 1 amide bonds. The predicted molar refractivity (Wildman–Crippen MR) is 94.7 cm³/mol. The summed E-state index contributed by atoms with van der Waals surface area (Å²) < 4.78 is 0. The zero-order chi connectivity index (χ0) is 17.5. The number of hydrogen-bond acceptors (Lipinski definition) is 3. The number of para-hydroxylation sites is 1. The molecule has 0 unspecified atom stereocenters. The van der Waals surface area contributed by atoms with E-state index in [9.17, 15) is 9.59 Å². The Kier molecular flexibility index (Phi) is 6.01. The molecule has 2 rings (SSSR count). The van der Waals surface area contributed by atoms with E-state index in [-0.39, 0.29) is 0 Å². The Bertz CT molecular complexity index is 798. The predicted octanol–water partition coefficient (Wildman–Crippen LogP) is 2.58. The Labute approximate surface area is 144 Å². The molecule has 0 spiro atoms. The highest BCUT2D eigenvalue weighted by atomic mass is 35.5. The fraction of sp³-hybridized carbons (Fsp3) is 0.0556. The molecule has 0 aromatic heterocycles. The first-order chi connectivity index (χ1) is 11.5. The van der Waals surface area contributed by atoms with Crippen LogP contribution in [0.3, 0.4) is 0 Å². The van der Waals surface area contributed by atoms with E-state index in [1.807, 2.05) is 19.1 Å². The van der Waals surface area contributed by atoms with Gasteiger partial charge in [-0.2, -0.15) is 0 Å². The standard InChI is InChI=1S/C18H16ClN3O2/c1-12-4-2-3-5-15(12)22-18(24)17(20)16(23)10-11-21-14-8-6-13(19)7-9-14/h2-11,20-21H,1H3,(H,22,24)/p+1/b11-10-,20-17?. The Morgan fingerprint density at radius 2 is 1.79 bits per heavy atom. The highest BCUT2D eigenvalue weighted by Gasteiger charge is 2.17. The average molecular weight is 343 g/mol. The van der Waals surface area contributed by atoms with Crippen molar-refractivity contribution in [3.8, 4) is 0 Å². The van der Waals surface area contributed by atoms with Crippen molar-refractivity contribution in [2.24, 2.45) is 0 Å². The number of allylic oxidation sites excluding steroid dienone is 1. The summed E-state index contributed by atoms with van der Waals surface area (Å²) in [4.78, 5) is 23.9. The van der Waals surface area contributed by atoms with Crippen LogP contribution < -0.4 is 10.6 Å². The number of carbonyl (C=O) groups excluding carboxylic acids is 2. The van der Waals surface area contributed by atoms with Crippen molar-refractivity contribution in [3.05, 3.63) is 71.4 Å². The van der Waals surface area contributed by atoms with Gasteiger partial charge in [-0.05, 0) is 30.7 Å². The maximum absolute atomic E-state index is 12.0. The van der Waals surface area contributed by atoms with Crippen LogP contribution in [0, 0.1) is 12.3 Å². The van der Waals surface area contributed by atoms with Crippen LogP contribution in [0.2, 0.25) is 5.02 Å². The SMILES string of the molecule is Cc1ccccc1NC(=O)C(=N)C(=O)/C=C\[NH2+]c1ccc(Cl)cc1. The molecule has 0 saturated heterocycles. The molecular formula is C18H17ClN3O2+. The molecule has 6 heteroatoms. The number of nitrogens with two attached hydrogens (primary N) is 1. The van der Waals surface area contributed by atoms with E-state index in [1.165, 1.54) is 12.3 Å². The number of ketones is 1. The van der Waals surface area contributed by atoms with Crippen LogP contribution in [-0.2, 0) is 9.59 Å². The van der Waals surface area contributed by atoms with E-state index < -0.39 is 17.4 Å². The highest BCUT2D eigenvalue weighted by Crippen LogP contribution is 2.13. The maximum atomic E-state index is 12.0. The van der Waals surface area contributed by atoms with Crippen molar-refractivity contribution in [2.75, 3.05) is 5.32 Å². The van der Waals surface area contributed by atoms with E-state index in [2.05, 4.69) is 5.32 Å². The third kappa shape index (κ3) is 4.87. The van der Waals surface area contributed by atoms with Gasteiger partial charge in [-0.3, -0.25) is 20.3 Å². The van der Waals surface area contributed by atoms with Crippen molar-refractivity contribution >= 4 is 40.4 Å². The van der Waals surface area contributed by atoms with Gasteiger partial charge in [0, 0.05) is 28.9 Å². The van der Waals surface area contributed by atoms with Gasteiger partial charge in [0.15, 0.2) is 5.71 Å². The number of anilines is 1. The molecule has 122 valence electrons. The molecule has 0 bridgehead atoms. The summed E-state index contributed by atoms with van der Waals surface area (Å²) in [6.07, 6.45) is 2.69. The van der Waals surface area contributed by atoms with E-state index >= 15 is 0 Å². The van der Waals surface area contributed by atoms with Crippen LogP contribution in [0.4, 0.5) is 11.4 Å². The summed E-state index contributed by atoms with van der Waals surface area (Å²) >= 11 is 5.79. The van der Waals surface area contributed by atoms with Gasteiger partial charge in [0.25, 0.3) is 5.91 Å². The quantitative estimate of drug-likeness (QED) is 0.326. The summed E-state index contributed by atoms with van der Waals surface area (Å²) in [5.74, 6) is -1.39. The molecule has 0 atom stereocenters. The van der Waals surface area contributed by atoms with Crippen molar-refractivity contribution in [1.29, 1.82) is 5.41 Å². The lowest BCUT2D eigenvalue weighted by atomic mass is 10.2. The lowest BCUT2D eigenvalue weighted by Crippen LogP contribution is -2.71. The van der Waals surface area contributed by atoms with Gasteiger partial charge in [-0.15, -0.1) is 0 Å². The molecule has 2 aromatic carbocycles. The van der Waals surface area contributed by atoms with Crippen molar-refractivity contribution in [2.45, 2.75) is 6.92 Å². The molecule has 2 aromatic rings. The van der Waals surface area contributed by atoms with Crippen molar-refractivity contribution in [1.82, 2.24) is 0 Å². The van der Waals surface area contributed by atoms with Crippen LogP contribution in [-0.4, -0.2) is 17.4 Å². The molecule has 24 heavy (non-hydrogen) atoms. The monoisotopic (exact) mass is 342 g/mol. The third-order valence-corrected chi connectivity index (χ3v) is 3.52. The Morgan fingerprint density at radius 1 is 1.12 bits per heavy atom. The molecule has 0 radical (unpaired) electrons. The number of hydrogen-bond donors (Lipinski definition) is 3. The minimum atomic E-state index is -0.731. The molecule has 5 nitrogen and oxygen atoms in total. The van der Waals surface area contributed by atoms with E-state index in [0.717, 1.165) is 11.3 Å². The first kappa shape index (κ1) is 17.6. The zero-order valence-electron chi connectivity index (χ0n) is 13.0. The number of nitrogens with one attached hydrogen (secondary N) is 2. The fourth-order valence-corrected chi connectivity index (χ4v) is 2.04. The second-order valence-corrected chi connectivity index (χ2v) is 5.52. The number of rotatable bonds is 6. The van der Waals surface area contributed by atoms with Crippen LogP contribution >= 0.6 is 11.6 Å². The van der Waals surface area contributed by atoms with Gasteiger partial charge in [-0.25, -0.2) is 0 Å². The topological polar surface area (TPSA) is 86.6 Å². The number of carbonyl (C=O) groups is 2. The van der Waals surface area contributed by atoms with Crippen molar-refractivity contribution in [3.63, 3.8) is 0 Å². The molecule has 0 aliphatic heterocycles. The lowest BCUT2D eigenvalue weighted by Gasteiger charge is -2.07. The third-order valence-electron chi connectivity index (χ3n) is 3.27. The van der Waals surface area contributed by atoms with Gasteiger partial charge in [-0.1, -0.05) is 29.8 Å². The van der Waals surface area contributed by atoms with Crippen LogP contribution in [0.15, 0.2) is 60.8 Å². The fourth-order valence-electron chi connectivity index (χ4n) is 1.91. The maximum Gasteiger partial charge on any atom is 0.277 e. The highest BCUT2D eigenvalue weighted by molar-refractivity contribution is 6.68. The van der Waals surface area contributed by atoms with E-state index in [4.69, 9.17) is 17.0 Å². The summed E-state index contributed by atoms with van der Waals surface area (Å²) in [5.41, 5.74) is 1.69. The average Bonchev–Trinajstić information content (AvgIpc) is 2.58. The summed E-state index contributed by atoms with van der Waals surface area (Å²) in [7, 11) is 0. The van der Waals surface area contributed by atoms with E-state index in [0.29, 0.717) is 10.7 Å². The Balaban J connectivity index is 1.92. The minimum absolute atomic E-state index is 0.580. The van der Waals surface area contributed by atoms with E-state index in [1.54, 1.807) is 41.7 Å². The van der Waals surface area contributed by atoms with Gasteiger partial charge < -0.3 is 5.32 Å². The van der Waals surface area contributed by atoms with Gasteiger partial charge in [0.1, 0.15) is 11.9 Å². The summed E-state index contributed by atoms with van der Waals surface area (Å²) in [6.45, 7) is 1.84. The first-order valence-electron chi connectivity index (χ1n) is 7.24. The minimum Gasteiger partial charge on any atom is -0.320 e. The smallest absolute Gasteiger partial charge is 0.277 e. The lowest BCUT2D eigenvalue weighted by molar-refractivity contribution is -0.496. The number of amides is 1.